The fourth-order valence-corrected chi connectivity index (χ4v) is 4.95. The van der Waals surface area contributed by atoms with Crippen molar-refractivity contribution >= 4 is 17.0 Å². The first kappa shape index (κ1) is 25.0. The van der Waals surface area contributed by atoms with E-state index in [1.807, 2.05) is 29.9 Å². The first-order chi connectivity index (χ1) is 18.0. The summed E-state index contributed by atoms with van der Waals surface area (Å²) in [5.74, 6) is 1.88. The second-order valence-electron chi connectivity index (χ2n) is 9.49. The molecule has 0 amide bonds. The van der Waals surface area contributed by atoms with Gasteiger partial charge in [-0.3, -0.25) is 4.90 Å². The SMILES string of the molecule is COC(=O)c1ccccc1Oc1nc(CC2=C(OC)CC(N3CCN(C)CC3)C=C2)nc2ccn(C)c12. The quantitative estimate of drug-likeness (QED) is 0.453. The van der Waals surface area contributed by atoms with Gasteiger partial charge in [-0.2, -0.15) is 4.98 Å². The van der Waals surface area contributed by atoms with E-state index in [1.165, 1.54) is 7.11 Å². The monoisotopic (exact) mass is 503 g/mol. The number of ether oxygens (including phenoxy) is 3. The molecule has 1 fully saturated rings. The number of benzene rings is 1. The van der Waals surface area contributed by atoms with Crippen LogP contribution in [-0.2, 0) is 22.9 Å². The highest BCUT2D eigenvalue weighted by Crippen LogP contribution is 2.32. The number of para-hydroxylation sites is 1. The Hall–Kier alpha value is -3.69. The Bertz CT molecular complexity index is 1350. The summed E-state index contributed by atoms with van der Waals surface area (Å²) in [5.41, 5.74) is 2.91. The van der Waals surface area contributed by atoms with Gasteiger partial charge in [0.25, 0.3) is 0 Å². The summed E-state index contributed by atoms with van der Waals surface area (Å²) in [5, 5.41) is 0. The number of methoxy groups -OCH3 is 2. The molecule has 9 heteroatoms. The number of piperazine rings is 1. The molecule has 9 nitrogen and oxygen atoms in total. The van der Waals surface area contributed by atoms with E-state index in [9.17, 15) is 4.79 Å². The Morgan fingerprint density at radius 2 is 1.84 bits per heavy atom. The zero-order chi connectivity index (χ0) is 25.9. The average molecular weight is 504 g/mol. The standard InChI is InChI=1S/C28H33N5O4/c1-31-13-15-33(16-14-31)20-10-9-19(24(18-20)35-3)17-25-29-22-11-12-32(2)26(22)27(30-25)37-23-8-6-5-7-21(23)28(34)36-4/h5-12,20H,13-18H2,1-4H3. The van der Waals surface area contributed by atoms with Crippen LogP contribution in [0, 0.1) is 0 Å². The summed E-state index contributed by atoms with van der Waals surface area (Å²) in [6, 6.07) is 9.25. The Morgan fingerprint density at radius 3 is 2.59 bits per heavy atom. The topological polar surface area (TPSA) is 82.0 Å². The molecule has 2 aromatic heterocycles. The van der Waals surface area contributed by atoms with Crippen LogP contribution in [0.1, 0.15) is 22.6 Å². The van der Waals surface area contributed by atoms with E-state index in [4.69, 9.17) is 24.2 Å². The average Bonchev–Trinajstić information content (AvgIpc) is 3.30. The highest BCUT2D eigenvalue weighted by Gasteiger charge is 2.26. The van der Waals surface area contributed by atoms with Gasteiger partial charge in [-0.1, -0.05) is 24.3 Å². The fourth-order valence-electron chi connectivity index (χ4n) is 4.95. The first-order valence-corrected chi connectivity index (χ1v) is 12.5. The maximum absolute atomic E-state index is 12.3. The van der Waals surface area contributed by atoms with Crippen LogP contribution in [-0.4, -0.2) is 83.8 Å². The van der Waals surface area contributed by atoms with E-state index in [1.54, 1.807) is 25.3 Å². The van der Waals surface area contributed by atoms with E-state index in [0.717, 1.165) is 55.0 Å². The van der Waals surface area contributed by atoms with Crippen molar-refractivity contribution in [2.45, 2.75) is 18.9 Å². The number of esters is 1. The largest absolute Gasteiger partial charge is 0.501 e. The van der Waals surface area contributed by atoms with E-state index >= 15 is 0 Å². The van der Waals surface area contributed by atoms with Gasteiger partial charge >= 0.3 is 5.97 Å². The lowest BCUT2D eigenvalue weighted by atomic mass is 9.96. The molecule has 0 spiro atoms. The van der Waals surface area contributed by atoms with Gasteiger partial charge in [-0.25, -0.2) is 9.78 Å². The van der Waals surface area contributed by atoms with Crippen LogP contribution in [0.25, 0.3) is 11.0 Å². The number of likely N-dealkylation sites (N-methyl/N-ethyl adjacent to an activating group) is 1. The van der Waals surface area contributed by atoms with Gasteiger partial charge in [0.05, 0.1) is 19.7 Å². The minimum absolute atomic E-state index is 0.332. The lowest BCUT2D eigenvalue weighted by Gasteiger charge is -2.38. The van der Waals surface area contributed by atoms with Crippen molar-refractivity contribution in [3.8, 4) is 11.6 Å². The number of carbonyl (C=O) groups is 1. The number of fused-ring (bicyclic) bond motifs is 1. The molecule has 3 aromatic rings. The van der Waals surface area contributed by atoms with Crippen LogP contribution in [0.4, 0.5) is 0 Å². The molecule has 0 N–H and O–H groups in total. The van der Waals surface area contributed by atoms with E-state index in [-0.39, 0.29) is 0 Å². The third-order valence-corrected chi connectivity index (χ3v) is 7.11. The van der Waals surface area contributed by atoms with Crippen LogP contribution in [0.15, 0.2) is 60.0 Å². The molecule has 0 radical (unpaired) electrons. The van der Waals surface area contributed by atoms with Crippen molar-refractivity contribution in [3.05, 3.63) is 71.4 Å². The van der Waals surface area contributed by atoms with Crippen molar-refractivity contribution < 1.29 is 19.0 Å². The van der Waals surface area contributed by atoms with Crippen molar-refractivity contribution in [1.29, 1.82) is 0 Å². The van der Waals surface area contributed by atoms with Crippen molar-refractivity contribution in [2.75, 3.05) is 47.4 Å². The third kappa shape index (κ3) is 5.23. The summed E-state index contributed by atoms with van der Waals surface area (Å²) < 4.78 is 18.9. The van der Waals surface area contributed by atoms with E-state index in [0.29, 0.717) is 35.5 Å². The lowest BCUT2D eigenvalue weighted by molar-refractivity contribution is 0.0598. The number of carbonyl (C=O) groups excluding carboxylic acids is 1. The molecule has 1 unspecified atom stereocenters. The maximum Gasteiger partial charge on any atom is 0.341 e. The molecule has 1 aromatic carbocycles. The molecule has 0 bridgehead atoms. The maximum atomic E-state index is 12.3. The summed E-state index contributed by atoms with van der Waals surface area (Å²) in [7, 11) is 7.17. The molecule has 1 aliphatic heterocycles. The molecular formula is C28H33N5O4. The number of aryl methyl sites for hydroxylation is 1. The molecular weight excluding hydrogens is 470 g/mol. The van der Waals surface area contributed by atoms with Crippen LogP contribution < -0.4 is 4.74 Å². The molecule has 1 saturated heterocycles. The van der Waals surface area contributed by atoms with Crippen LogP contribution in [0.2, 0.25) is 0 Å². The van der Waals surface area contributed by atoms with Gasteiger partial charge in [0.2, 0.25) is 5.88 Å². The van der Waals surface area contributed by atoms with Crippen LogP contribution in [0.3, 0.4) is 0 Å². The first-order valence-electron chi connectivity index (χ1n) is 12.5. The van der Waals surface area contributed by atoms with Crippen molar-refractivity contribution in [1.82, 2.24) is 24.3 Å². The smallest absolute Gasteiger partial charge is 0.341 e. The Balaban J connectivity index is 1.43. The highest BCUT2D eigenvalue weighted by atomic mass is 16.5. The van der Waals surface area contributed by atoms with Gasteiger partial charge in [0, 0.05) is 58.3 Å². The second-order valence-corrected chi connectivity index (χ2v) is 9.49. The number of aromatic nitrogens is 3. The number of hydrogen-bond donors (Lipinski definition) is 0. The van der Waals surface area contributed by atoms with Gasteiger partial charge < -0.3 is 23.7 Å². The number of allylic oxidation sites excluding steroid dienone is 2. The molecule has 5 rings (SSSR count). The zero-order valence-corrected chi connectivity index (χ0v) is 21.8. The molecule has 1 aliphatic carbocycles. The summed E-state index contributed by atoms with van der Waals surface area (Å²) in [4.78, 5) is 26.8. The Morgan fingerprint density at radius 1 is 1.05 bits per heavy atom. The Kier molecular flexibility index (Phi) is 7.25. The molecule has 37 heavy (non-hydrogen) atoms. The number of nitrogens with zero attached hydrogens (tertiary/aromatic N) is 5. The molecule has 1 atom stereocenters. The Labute approximate surface area is 216 Å². The van der Waals surface area contributed by atoms with Crippen LogP contribution in [0.5, 0.6) is 11.6 Å². The van der Waals surface area contributed by atoms with E-state index < -0.39 is 5.97 Å². The van der Waals surface area contributed by atoms with Gasteiger partial charge in [0.15, 0.2) is 0 Å². The summed E-state index contributed by atoms with van der Waals surface area (Å²) in [6.45, 7) is 4.27. The van der Waals surface area contributed by atoms with Gasteiger partial charge in [-0.05, 0) is 30.8 Å². The molecule has 0 saturated carbocycles. The summed E-state index contributed by atoms with van der Waals surface area (Å²) >= 11 is 0. The predicted octanol–water partition coefficient (Wildman–Crippen LogP) is 3.57. The minimum atomic E-state index is -0.467. The predicted molar refractivity (Wildman–Crippen MR) is 141 cm³/mol. The third-order valence-electron chi connectivity index (χ3n) is 7.11. The van der Waals surface area contributed by atoms with Gasteiger partial charge in [0.1, 0.15) is 28.4 Å². The normalized spacial score (nSPS) is 18.9. The summed E-state index contributed by atoms with van der Waals surface area (Å²) in [6.07, 6.45) is 7.68. The molecule has 194 valence electrons. The molecule has 3 heterocycles. The van der Waals surface area contributed by atoms with Gasteiger partial charge in [-0.15, -0.1) is 0 Å². The lowest BCUT2D eigenvalue weighted by Crippen LogP contribution is -2.49. The number of rotatable bonds is 7. The fraction of sp³-hybridized carbons (Fsp3) is 0.393. The van der Waals surface area contributed by atoms with Crippen molar-refractivity contribution in [3.63, 3.8) is 0 Å². The second kappa shape index (κ2) is 10.7. The zero-order valence-electron chi connectivity index (χ0n) is 21.8. The highest BCUT2D eigenvalue weighted by molar-refractivity contribution is 5.92. The number of hydrogen-bond acceptors (Lipinski definition) is 8. The molecule has 2 aliphatic rings. The van der Waals surface area contributed by atoms with Crippen molar-refractivity contribution in [2.24, 2.45) is 7.05 Å². The minimum Gasteiger partial charge on any atom is -0.501 e. The van der Waals surface area contributed by atoms with E-state index in [2.05, 4.69) is 29.0 Å². The van der Waals surface area contributed by atoms with Crippen LogP contribution >= 0.6 is 0 Å².